The SMILES string of the molecule is CO[C@H](C)c1cccc(-c2ccn(-c3cc(N4CCOCC4)nc(OCCc4cnn(C)c4)n3)n2)c1. The monoisotopic (exact) mass is 489 g/mol. The molecule has 0 amide bonds. The molecular formula is C26H31N7O3. The topological polar surface area (TPSA) is 92.3 Å². The molecule has 5 rings (SSSR count). The molecule has 1 aliphatic heterocycles. The second kappa shape index (κ2) is 10.9. The number of aromatic nitrogens is 6. The zero-order chi connectivity index (χ0) is 24.9. The van der Waals surface area contributed by atoms with E-state index in [1.807, 2.05) is 56.8 Å². The van der Waals surface area contributed by atoms with E-state index in [0.29, 0.717) is 31.6 Å². The number of nitrogens with zero attached hydrogens (tertiary/aromatic N) is 7. The van der Waals surface area contributed by atoms with Crippen LogP contribution in [0.2, 0.25) is 0 Å². The Bertz CT molecular complexity index is 1300. The zero-order valence-electron chi connectivity index (χ0n) is 20.9. The standard InChI is InChI=1S/C26H31N7O3/c1-19(34-3)21-5-4-6-22(15-21)23-7-9-33(30-23)25-16-24(32-10-13-35-14-11-32)28-26(29-25)36-12-8-20-17-27-31(2)18-20/h4-7,9,15-19H,8,10-14H2,1-3H3/t19-/m1/s1. The fourth-order valence-electron chi connectivity index (χ4n) is 4.09. The number of methoxy groups -OCH3 is 1. The summed E-state index contributed by atoms with van der Waals surface area (Å²) in [6.45, 7) is 5.34. The first kappa shape index (κ1) is 24.0. The quantitative estimate of drug-likeness (QED) is 0.354. The van der Waals surface area contributed by atoms with Gasteiger partial charge in [-0.2, -0.15) is 20.2 Å². The first-order chi connectivity index (χ1) is 17.6. The smallest absolute Gasteiger partial charge is 0.320 e. The van der Waals surface area contributed by atoms with E-state index >= 15 is 0 Å². The van der Waals surface area contributed by atoms with Crippen LogP contribution in [0.5, 0.6) is 6.01 Å². The molecule has 0 N–H and O–H groups in total. The summed E-state index contributed by atoms with van der Waals surface area (Å²) in [6.07, 6.45) is 6.46. The maximum Gasteiger partial charge on any atom is 0.320 e. The summed E-state index contributed by atoms with van der Waals surface area (Å²) in [5.74, 6) is 1.45. The predicted molar refractivity (Wildman–Crippen MR) is 135 cm³/mol. The highest BCUT2D eigenvalue weighted by molar-refractivity contribution is 5.60. The van der Waals surface area contributed by atoms with Crippen LogP contribution in [0.15, 0.2) is 55.0 Å². The molecule has 188 valence electrons. The van der Waals surface area contributed by atoms with E-state index < -0.39 is 0 Å². The molecule has 3 aromatic heterocycles. The van der Waals surface area contributed by atoms with Crippen LogP contribution in [0.3, 0.4) is 0 Å². The molecule has 0 saturated carbocycles. The van der Waals surface area contributed by atoms with Gasteiger partial charge < -0.3 is 19.1 Å². The van der Waals surface area contributed by atoms with Crippen LogP contribution >= 0.6 is 0 Å². The van der Waals surface area contributed by atoms with Crippen LogP contribution in [0.4, 0.5) is 5.82 Å². The molecule has 10 heteroatoms. The first-order valence-electron chi connectivity index (χ1n) is 12.1. The van der Waals surface area contributed by atoms with Crippen LogP contribution in [-0.4, -0.2) is 69.5 Å². The van der Waals surface area contributed by atoms with E-state index in [1.165, 1.54) is 0 Å². The van der Waals surface area contributed by atoms with Crippen LogP contribution in [0.1, 0.15) is 24.2 Å². The van der Waals surface area contributed by atoms with Crippen LogP contribution in [-0.2, 0) is 22.9 Å². The van der Waals surface area contributed by atoms with Crippen molar-refractivity contribution < 1.29 is 14.2 Å². The van der Waals surface area contributed by atoms with Gasteiger partial charge >= 0.3 is 6.01 Å². The third-order valence-corrected chi connectivity index (χ3v) is 6.22. The van der Waals surface area contributed by atoms with Gasteiger partial charge in [0.15, 0.2) is 5.82 Å². The fourth-order valence-corrected chi connectivity index (χ4v) is 4.09. The molecule has 0 unspecified atom stereocenters. The lowest BCUT2D eigenvalue weighted by Gasteiger charge is -2.28. The Balaban J connectivity index is 1.40. The zero-order valence-corrected chi connectivity index (χ0v) is 20.9. The fraction of sp³-hybridized carbons (Fsp3) is 0.385. The molecule has 10 nitrogen and oxygen atoms in total. The minimum Gasteiger partial charge on any atom is -0.463 e. The summed E-state index contributed by atoms with van der Waals surface area (Å²) < 4.78 is 20.5. The van der Waals surface area contributed by atoms with Gasteiger partial charge in [-0.05, 0) is 30.2 Å². The lowest BCUT2D eigenvalue weighted by Crippen LogP contribution is -2.37. The van der Waals surface area contributed by atoms with Gasteiger partial charge in [-0.15, -0.1) is 0 Å². The third-order valence-electron chi connectivity index (χ3n) is 6.22. The average molecular weight is 490 g/mol. The molecule has 36 heavy (non-hydrogen) atoms. The van der Waals surface area contributed by atoms with Gasteiger partial charge in [0.25, 0.3) is 0 Å². The van der Waals surface area contributed by atoms with Gasteiger partial charge in [0.05, 0.1) is 37.8 Å². The molecule has 1 fully saturated rings. The van der Waals surface area contributed by atoms with Gasteiger partial charge in [-0.1, -0.05) is 18.2 Å². The van der Waals surface area contributed by atoms with E-state index in [4.69, 9.17) is 19.3 Å². The highest BCUT2D eigenvalue weighted by Gasteiger charge is 2.17. The Morgan fingerprint density at radius 3 is 2.69 bits per heavy atom. The predicted octanol–water partition coefficient (Wildman–Crippen LogP) is 3.23. The van der Waals surface area contributed by atoms with Crippen LogP contribution in [0.25, 0.3) is 17.1 Å². The van der Waals surface area contributed by atoms with Gasteiger partial charge in [0.1, 0.15) is 5.82 Å². The van der Waals surface area contributed by atoms with Gasteiger partial charge in [0.2, 0.25) is 0 Å². The van der Waals surface area contributed by atoms with E-state index in [0.717, 1.165) is 47.7 Å². The second-order valence-electron chi connectivity index (χ2n) is 8.74. The van der Waals surface area contributed by atoms with Crippen molar-refractivity contribution in [2.24, 2.45) is 7.05 Å². The molecule has 0 spiro atoms. The Kier molecular flexibility index (Phi) is 7.24. The second-order valence-corrected chi connectivity index (χ2v) is 8.74. The van der Waals surface area contributed by atoms with Crippen molar-refractivity contribution in [3.63, 3.8) is 0 Å². The van der Waals surface area contributed by atoms with Crippen molar-refractivity contribution >= 4 is 5.82 Å². The number of benzene rings is 1. The minimum absolute atomic E-state index is 0.0105. The number of hydrogen-bond donors (Lipinski definition) is 0. The molecule has 0 radical (unpaired) electrons. The maximum atomic E-state index is 5.99. The van der Waals surface area contributed by atoms with Crippen molar-refractivity contribution in [3.8, 4) is 23.1 Å². The normalized spacial score (nSPS) is 14.7. The van der Waals surface area contributed by atoms with Gasteiger partial charge in [-0.3, -0.25) is 4.68 Å². The molecule has 1 aliphatic rings. The summed E-state index contributed by atoms with van der Waals surface area (Å²) >= 11 is 0. The number of anilines is 1. The Morgan fingerprint density at radius 2 is 1.92 bits per heavy atom. The Hall–Kier alpha value is -3.76. The maximum absolute atomic E-state index is 5.99. The molecule has 4 heterocycles. The van der Waals surface area contributed by atoms with E-state index in [9.17, 15) is 0 Å². The average Bonchev–Trinajstić information content (AvgIpc) is 3.58. The molecule has 0 bridgehead atoms. The summed E-state index contributed by atoms with van der Waals surface area (Å²) in [5.41, 5.74) is 4.07. The highest BCUT2D eigenvalue weighted by Crippen LogP contribution is 2.25. The Labute approximate surface area is 210 Å². The Morgan fingerprint density at radius 1 is 1.08 bits per heavy atom. The van der Waals surface area contributed by atoms with Gasteiger partial charge in [-0.25, -0.2) is 4.68 Å². The molecule has 1 aromatic carbocycles. The van der Waals surface area contributed by atoms with Crippen molar-refractivity contribution in [2.75, 3.05) is 44.9 Å². The first-order valence-corrected chi connectivity index (χ1v) is 12.1. The van der Waals surface area contributed by atoms with E-state index in [2.05, 4.69) is 32.1 Å². The van der Waals surface area contributed by atoms with Crippen molar-refractivity contribution in [1.29, 1.82) is 0 Å². The summed E-state index contributed by atoms with van der Waals surface area (Å²) in [7, 11) is 3.61. The molecule has 1 atom stereocenters. The molecular weight excluding hydrogens is 458 g/mol. The summed E-state index contributed by atoms with van der Waals surface area (Å²) in [6, 6.07) is 12.5. The number of ether oxygens (including phenoxy) is 3. The lowest BCUT2D eigenvalue weighted by atomic mass is 10.1. The molecule has 0 aliphatic carbocycles. The van der Waals surface area contributed by atoms with Crippen LogP contribution in [0, 0.1) is 0 Å². The highest BCUT2D eigenvalue weighted by atomic mass is 16.5. The summed E-state index contributed by atoms with van der Waals surface area (Å²) in [5, 5.41) is 9.02. The summed E-state index contributed by atoms with van der Waals surface area (Å²) in [4.78, 5) is 11.5. The molecule has 1 saturated heterocycles. The number of morpholine rings is 1. The van der Waals surface area contributed by atoms with Crippen molar-refractivity contribution in [2.45, 2.75) is 19.4 Å². The third kappa shape index (κ3) is 5.55. The minimum atomic E-state index is 0.0105. The largest absolute Gasteiger partial charge is 0.463 e. The molecule has 4 aromatic rings. The lowest BCUT2D eigenvalue weighted by molar-refractivity contribution is 0.119. The number of aryl methyl sites for hydroxylation is 1. The van der Waals surface area contributed by atoms with Crippen molar-refractivity contribution in [3.05, 3.63) is 66.1 Å². The van der Waals surface area contributed by atoms with E-state index in [1.54, 1.807) is 16.5 Å². The van der Waals surface area contributed by atoms with Gasteiger partial charge in [0, 0.05) is 57.7 Å². The van der Waals surface area contributed by atoms with E-state index in [-0.39, 0.29) is 6.10 Å². The van der Waals surface area contributed by atoms with Crippen LogP contribution < -0.4 is 9.64 Å². The number of rotatable bonds is 9. The van der Waals surface area contributed by atoms with Crippen molar-refractivity contribution in [1.82, 2.24) is 29.5 Å². The number of hydrogen-bond acceptors (Lipinski definition) is 8.